The van der Waals surface area contributed by atoms with Gasteiger partial charge in [0.1, 0.15) is 0 Å². The fraction of sp³-hybridized carbons (Fsp3) is 1.00. The average Bonchev–Trinajstić information content (AvgIpc) is 4.14. The van der Waals surface area contributed by atoms with Gasteiger partial charge in [0.05, 0.1) is 0 Å². The number of fused-ring (bicyclic) bond motifs is 1. The molecule has 0 bridgehead atoms. The van der Waals surface area contributed by atoms with Gasteiger partial charge in [-0.1, -0.05) is 131 Å². The highest BCUT2D eigenvalue weighted by Gasteiger charge is 2.56. The molecule has 1 heteroatoms. The third-order valence-electron chi connectivity index (χ3n) is 24.6. The van der Waals surface area contributed by atoms with E-state index in [1.807, 2.05) is 0 Å². The molecule has 9 saturated carbocycles. The molecule has 0 spiro atoms. The van der Waals surface area contributed by atoms with E-state index in [4.69, 9.17) is 0 Å². The summed E-state index contributed by atoms with van der Waals surface area (Å²) in [7, 11) is 0. The first-order valence-electron chi connectivity index (χ1n) is 30.7. The lowest BCUT2D eigenvalue weighted by Crippen LogP contribution is -2.45. The quantitative estimate of drug-likeness (QED) is 0.149. The van der Waals surface area contributed by atoms with Gasteiger partial charge in [-0.25, -0.2) is 0 Å². The SMILES string of the molecule is CCCC1C(C(CC)C(C)C2CCCCC2C)C2CCCC2N1C1CCC(C2CCC(C3CCC(C4CCCC(C5CCC(C6CCC(CC(CC)C7CCCC7)C6)C5)C4)C3)C2)C1. The van der Waals surface area contributed by atoms with E-state index in [1.54, 1.807) is 148 Å². The Hall–Kier alpha value is -0.0400. The first-order valence-corrected chi connectivity index (χ1v) is 30.7. The van der Waals surface area contributed by atoms with E-state index in [1.165, 1.54) is 77.0 Å². The van der Waals surface area contributed by atoms with Crippen molar-refractivity contribution in [1.82, 2.24) is 4.90 Å². The van der Waals surface area contributed by atoms with Crippen molar-refractivity contribution in [1.29, 1.82) is 0 Å². The van der Waals surface area contributed by atoms with Crippen LogP contribution in [0.4, 0.5) is 0 Å². The minimum Gasteiger partial charge on any atom is -0.294 e. The van der Waals surface area contributed by atoms with Gasteiger partial charge in [-0.2, -0.15) is 0 Å². The number of likely N-dealkylation sites (tertiary alicyclic amines) is 1. The minimum atomic E-state index is 0.895. The van der Waals surface area contributed by atoms with Crippen LogP contribution in [0.2, 0.25) is 0 Å². The lowest BCUT2D eigenvalue weighted by molar-refractivity contribution is 0.0542. The highest BCUT2D eigenvalue weighted by molar-refractivity contribution is 5.09. The van der Waals surface area contributed by atoms with Crippen LogP contribution in [-0.4, -0.2) is 23.0 Å². The summed E-state index contributed by atoms with van der Waals surface area (Å²) in [6.07, 6.45) is 54.7. The van der Waals surface area contributed by atoms with Crippen molar-refractivity contribution in [3.05, 3.63) is 0 Å². The molecule has 0 amide bonds. The van der Waals surface area contributed by atoms with E-state index in [0.29, 0.717) is 0 Å². The Morgan fingerprint density at radius 3 is 1.59 bits per heavy atom. The van der Waals surface area contributed by atoms with Crippen molar-refractivity contribution < 1.29 is 0 Å². The van der Waals surface area contributed by atoms with Gasteiger partial charge in [0.2, 0.25) is 0 Å². The summed E-state index contributed by atoms with van der Waals surface area (Å²) in [6, 6.07) is 2.75. The molecule has 1 heterocycles. The summed E-state index contributed by atoms with van der Waals surface area (Å²) in [5.74, 6) is 20.0. The molecule has 1 saturated heterocycles. The van der Waals surface area contributed by atoms with Crippen molar-refractivity contribution in [2.75, 3.05) is 0 Å². The van der Waals surface area contributed by atoms with Crippen LogP contribution in [0.5, 0.6) is 0 Å². The molecule has 0 aromatic carbocycles. The van der Waals surface area contributed by atoms with Crippen LogP contribution in [0.1, 0.15) is 259 Å². The van der Waals surface area contributed by atoms with Gasteiger partial charge >= 0.3 is 0 Å². The van der Waals surface area contributed by atoms with Crippen LogP contribution < -0.4 is 0 Å². The topological polar surface area (TPSA) is 3.24 Å². The van der Waals surface area contributed by atoms with Gasteiger partial charge in [-0.3, -0.25) is 4.90 Å². The predicted molar refractivity (Wildman–Crippen MR) is 269 cm³/mol. The Morgan fingerprint density at radius 2 is 1.00 bits per heavy atom. The lowest BCUT2D eigenvalue weighted by atomic mass is 9.63. The standard InChI is InChI=1S/C62H107N/c1-6-15-61-62(57(8-3)42(5)58-21-12-9-16-41(58)4)59-22-14-23-60(59)63(61)56-33-32-55(40-56)54-31-30-53(39-54)52-29-27-50(38-52)47-20-13-19-46(36-47)49-26-28-51(37-49)48-25-24-43(35-48)34-44(7-2)45-17-10-11-18-45/h41-62H,6-40H2,1-5H3. The summed E-state index contributed by atoms with van der Waals surface area (Å²) < 4.78 is 0. The Labute approximate surface area is 393 Å². The molecule has 1 aliphatic heterocycles. The monoisotopic (exact) mass is 866 g/mol. The van der Waals surface area contributed by atoms with E-state index in [-0.39, 0.29) is 0 Å². The van der Waals surface area contributed by atoms with Gasteiger partial charge in [0.25, 0.3) is 0 Å². The maximum Gasteiger partial charge on any atom is 0.0135 e. The van der Waals surface area contributed by atoms with Gasteiger partial charge in [-0.15, -0.1) is 0 Å². The Bertz CT molecular complexity index is 1400. The third kappa shape index (κ3) is 9.91. The normalized spacial score (nSPS) is 47.8. The van der Waals surface area contributed by atoms with Crippen molar-refractivity contribution in [2.24, 2.45) is 112 Å². The first-order chi connectivity index (χ1) is 30.9. The van der Waals surface area contributed by atoms with E-state index in [2.05, 4.69) is 39.5 Å². The molecule has 0 N–H and O–H groups in total. The van der Waals surface area contributed by atoms with E-state index in [9.17, 15) is 0 Å². The van der Waals surface area contributed by atoms with Gasteiger partial charge in [0, 0.05) is 18.1 Å². The largest absolute Gasteiger partial charge is 0.294 e. The summed E-state index contributed by atoms with van der Waals surface area (Å²) in [6.45, 7) is 13.0. The van der Waals surface area contributed by atoms with Crippen LogP contribution >= 0.6 is 0 Å². The molecule has 10 fully saturated rings. The van der Waals surface area contributed by atoms with Crippen LogP contribution in [0, 0.1) is 112 Å². The second kappa shape index (κ2) is 21.3. The number of hydrogen-bond acceptors (Lipinski definition) is 1. The van der Waals surface area contributed by atoms with Crippen molar-refractivity contribution in [3.8, 4) is 0 Å². The molecule has 0 radical (unpaired) electrons. The second-order valence-corrected chi connectivity index (χ2v) is 27.2. The Morgan fingerprint density at radius 1 is 0.476 bits per heavy atom. The van der Waals surface area contributed by atoms with E-state index in [0.717, 1.165) is 131 Å². The highest BCUT2D eigenvalue weighted by Crippen LogP contribution is 2.58. The van der Waals surface area contributed by atoms with Crippen LogP contribution in [0.3, 0.4) is 0 Å². The molecule has 360 valence electrons. The zero-order valence-electron chi connectivity index (χ0n) is 42.9. The molecule has 0 aromatic rings. The van der Waals surface area contributed by atoms with Crippen LogP contribution in [0.15, 0.2) is 0 Å². The summed E-state index contributed by atoms with van der Waals surface area (Å²) in [4.78, 5) is 3.35. The number of nitrogens with zero attached hydrogens (tertiary/aromatic N) is 1. The zero-order chi connectivity index (χ0) is 43.0. The van der Waals surface area contributed by atoms with E-state index >= 15 is 0 Å². The van der Waals surface area contributed by atoms with Crippen molar-refractivity contribution in [2.45, 2.75) is 277 Å². The predicted octanol–water partition coefficient (Wildman–Crippen LogP) is 18.0. The molecule has 10 rings (SSSR count). The summed E-state index contributed by atoms with van der Waals surface area (Å²) in [5.41, 5.74) is 0. The summed E-state index contributed by atoms with van der Waals surface area (Å²) >= 11 is 0. The van der Waals surface area contributed by atoms with Crippen molar-refractivity contribution >= 4 is 0 Å². The fourth-order valence-electron chi connectivity index (χ4n) is 21.6. The van der Waals surface area contributed by atoms with Gasteiger partial charge in [-0.05, 0) is 241 Å². The number of rotatable bonds is 16. The van der Waals surface area contributed by atoms with Gasteiger partial charge < -0.3 is 0 Å². The fourth-order valence-corrected chi connectivity index (χ4v) is 21.6. The first kappa shape index (κ1) is 46.7. The minimum absolute atomic E-state index is 0.895. The Kier molecular flexibility index (Phi) is 15.8. The smallest absolute Gasteiger partial charge is 0.0135 e. The molecule has 1 nitrogen and oxygen atoms in total. The van der Waals surface area contributed by atoms with Crippen LogP contribution in [-0.2, 0) is 0 Å². The summed E-state index contributed by atoms with van der Waals surface area (Å²) in [5, 5.41) is 0. The maximum absolute atomic E-state index is 3.35. The van der Waals surface area contributed by atoms with Crippen LogP contribution in [0.25, 0.3) is 0 Å². The molecule has 63 heavy (non-hydrogen) atoms. The Balaban J connectivity index is 0.693. The molecule has 21 unspecified atom stereocenters. The lowest BCUT2D eigenvalue weighted by Gasteiger charge is -2.44. The average molecular weight is 867 g/mol. The maximum atomic E-state index is 3.35. The van der Waals surface area contributed by atoms with Crippen molar-refractivity contribution in [3.63, 3.8) is 0 Å². The molecular formula is C62H107N. The third-order valence-corrected chi connectivity index (χ3v) is 24.6. The van der Waals surface area contributed by atoms with Gasteiger partial charge in [0.15, 0.2) is 0 Å². The molecule has 0 aromatic heterocycles. The molecule has 21 atom stereocenters. The molecular weight excluding hydrogens is 759 g/mol. The number of hydrogen-bond donors (Lipinski definition) is 0. The van der Waals surface area contributed by atoms with E-state index < -0.39 is 0 Å². The molecule has 9 aliphatic carbocycles. The second-order valence-electron chi connectivity index (χ2n) is 27.2. The highest BCUT2D eigenvalue weighted by atomic mass is 15.3. The zero-order valence-corrected chi connectivity index (χ0v) is 42.9. The molecule has 10 aliphatic rings.